The molecular weight excluding hydrogens is 248 g/mol. The van der Waals surface area contributed by atoms with Crippen molar-refractivity contribution < 1.29 is 14.0 Å². The van der Waals surface area contributed by atoms with Gasteiger partial charge in [-0.1, -0.05) is 5.16 Å². The van der Waals surface area contributed by atoms with Crippen LogP contribution >= 0.6 is 0 Å². The van der Waals surface area contributed by atoms with Crippen LogP contribution in [-0.4, -0.2) is 22.9 Å². The van der Waals surface area contributed by atoms with E-state index in [0.29, 0.717) is 23.7 Å². The van der Waals surface area contributed by atoms with E-state index in [2.05, 4.69) is 14.7 Å². The molecule has 0 aliphatic carbocycles. The molecule has 100 valence electrons. The van der Waals surface area contributed by atoms with Crippen LogP contribution < -0.4 is 15.2 Å². The summed E-state index contributed by atoms with van der Waals surface area (Å²) in [5.74, 6) is 1.23. The molecule has 1 aliphatic rings. The Kier molecular flexibility index (Phi) is 2.77. The van der Waals surface area contributed by atoms with E-state index in [4.69, 9.17) is 9.47 Å². The first-order chi connectivity index (χ1) is 9.17. The van der Waals surface area contributed by atoms with Gasteiger partial charge < -0.3 is 9.47 Å². The molecule has 0 bridgehead atoms. The van der Waals surface area contributed by atoms with Gasteiger partial charge in [0.2, 0.25) is 0 Å². The van der Waals surface area contributed by atoms with Crippen LogP contribution in [0.15, 0.2) is 21.5 Å². The molecule has 0 radical (unpaired) electrons. The Morgan fingerprint density at radius 3 is 3.05 bits per heavy atom. The van der Waals surface area contributed by atoms with Gasteiger partial charge in [-0.2, -0.15) is 0 Å². The van der Waals surface area contributed by atoms with Gasteiger partial charge in [-0.05, 0) is 26.0 Å². The third-order valence-corrected chi connectivity index (χ3v) is 2.99. The van der Waals surface area contributed by atoms with Crippen molar-refractivity contribution in [2.45, 2.75) is 26.4 Å². The normalized spacial score (nSPS) is 17.1. The monoisotopic (exact) mass is 262 g/mol. The van der Waals surface area contributed by atoms with E-state index in [1.807, 2.05) is 26.0 Å². The van der Waals surface area contributed by atoms with Crippen molar-refractivity contribution in [3.63, 3.8) is 0 Å². The number of ether oxygens (including phenoxy) is 2. The van der Waals surface area contributed by atoms with Gasteiger partial charge in [0.15, 0.2) is 5.82 Å². The van der Waals surface area contributed by atoms with Crippen LogP contribution in [0, 0.1) is 0 Å². The van der Waals surface area contributed by atoms with Crippen LogP contribution in [0.4, 0.5) is 0 Å². The first kappa shape index (κ1) is 11.8. The lowest BCUT2D eigenvalue weighted by molar-refractivity contribution is 0.254. The van der Waals surface area contributed by atoms with Gasteiger partial charge in [-0.15, -0.1) is 0 Å². The second kappa shape index (κ2) is 4.46. The molecule has 1 N–H and O–H groups in total. The SMILES string of the molecule is CCOc1cc2c(cc1-c1noc(=O)[nH]1)OC(C)C2. The summed E-state index contributed by atoms with van der Waals surface area (Å²) in [6.45, 7) is 4.45. The van der Waals surface area contributed by atoms with E-state index >= 15 is 0 Å². The van der Waals surface area contributed by atoms with Gasteiger partial charge in [0.1, 0.15) is 17.6 Å². The lowest BCUT2D eigenvalue weighted by Gasteiger charge is -2.10. The maximum Gasteiger partial charge on any atom is 0.439 e. The molecule has 1 aliphatic heterocycles. The summed E-state index contributed by atoms with van der Waals surface area (Å²) in [7, 11) is 0. The van der Waals surface area contributed by atoms with Crippen LogP contribution in [0.5, 0.6) is 11.5 Å². The van der Waals surface area contributed by atoms with E-state index in [0.717, 1.165) is 17.7 Å². The molecule has 0 saturated carbocycles. The van der Waals surface area contributed by atoms with Crippen molar-refractivity contribution in [2.75, 3.05) is 6.61 Å². The fourth-order valence-electron chi connectivity index (χ4n) is 2.25. The molecular formula is C13H14N2O4. The Morgan fingerprint density at radius 2 is 2.37 bits per heavy atom. The average molecular weight is 262 g/mol. The smallest absolute Gasteiger partial charge is 0.439 e. The molecule has 0 saturated heterocycles. The highest BCUT2D eigenvalue weighted by Crippen LogP contribution is 2.38. The lowest BCUT2D eigenvalue weighted by Crippen LogP contribution is -2.05. The fraction of sp³-hybridized carbons (Fsp3) is 0.385. The molecule has 2 aromatic rings. The van der Waals surface area contributed by atoms with Crippen molar-refractivity contribution in [1.82, 2.24) is 10.1 Å². The van der Waals surface area contributed by atoms with E-state index in [1.165, 1.54) is 0 Å². The number of aromatic nitrogens is 2. The third kappa shape index (κ3) is 2.09. The van der Waals surface area contributed by atoms with E-state index < -0.39 is 5.76 Å². The zero-order valence-corrected chi connectivity index (χ0v) is 10.7. The number of aromatic amines is 1. The zero-order chi connectivity index (χ0) is 13.4. The highest BCUT2D eigenvalue weighted by atomic mass is 16.5. The maximum atomic E-state index is 11.1. The summed E-state index contributed by atoms with van der Waals surface area (Å²) in [5.41, 5.74) is 1.77. The molecule has 6 heteroatoms. The number of rotatable bonds is 3. The standard InChI is InChI=1S/C13H14N2O4/c1-3-17-11-5-8-4-7(2)18-10(8)6-9(11)12-14-13(16)19-15-12/h5-7H,3-4H2,1-2H3,(H,14,15,16). The van der Waals surface area contributed by atoms with Crippen LogP contribution in [-0.2, 0) is 6.42 Å². The molecule has 1 atom stereocenters. The minimum Gasteiger partial charge on any atom is -0.493 e. The Balaban J connectivity index is 2.12. The predicted molar refractivity (Wildman–Crippen MR) is 67.5 cm³/mol. The molecule has 0 amide bonds. The molecule has 1 aromatic carbocycles. The van der Waals surface area contributed by atoms with Crippen LogP contribution in [0.25, 0.3) is 11.4 Å². The van der Waals surface area contributed by atoms with Crippen LogP contribution in [0.2, 0.25) is 0 Å². The minimum absolute atomic E-state index is 0.149. The third-order valence-electron chi connectivity index (χ3n) is 2.99. The van der Waals surface area contributed by atoms with Gasteiger partial charge in [0, 0.05) is 12.0 Å². The largest absolute Gasteiger partial charge is 0.493 e. The summed E-state index contributed by atoms with van der Waals surface area (Å²) >= 11 is 0. The van der Waals surface area contributed by atoms with E-state index in [1.54, 1.807) is 0 Å². The summed E-state index contributed by atoms with van der Waals surface area (Å²) in [4.78, 5) is 13.6. The number of hydrogen-bond acceptors (Lipinski definition) is 5. The van der Waals surface area contributed by atoms with E-state index in [-0.39, 0.29) is 6.10 Å². The molecule has 0 fully saturated rings. The Labute approximate surface area is 109 Å². The van der Waals surface area contributed by atoms with Gasteiger partial charge >= 0.3 is 5.76 Å². The van der Waals surface area contributed by atoms with Crippen molar-refractivity contribution in [2.24, 2.45) is 0 Å². The molecule has 0 spiro atoms. The Bertz CT molecular complexity index is 659. The Morgan fingerprint density at radius 1 is 1.53 bits per heavy atom. The number of fused-ring (bicyclic) bond motifs is 1. The fourth-order valence-corrected chi connectivity index (χ4v) is 2.25. The minimum atomic E-state index is -0.591. The number of nitrogens with one attached hydrogen (secondary N) is 1. The molecule has 1 unspecified atom stereocenters. The molecule has 19 heavy (non-hydrogen) atoms. The van der Waals surface area contributed by atoms with Crippen LogP contribution in [0.1, 0.15) is 19.4 Å². The maximum absolute atomic E-state index is 11.1. The van der Waals surface area contributed by atoms with Crippen molar-refractivity contribution >= 4 is 0 Å². The summed E-state index contributed by atoms with van der Waals surface area (Å²) in [6.07, 6.45) is 1.00. The highest BCUT2D eigenvalue weighted by Gasteiger charge is 2.23. The van der Waals surface area contributed by atoms with Gasteiger partial charge in [-0.3, -0.25) is 9.51 Å². The first-order valence-corrected chi connectivity index (χ1v) is 6.20. The zero-order valence-electron chi connectivity index (χ0n) is 10.7. The first-order valence-electron chi connectivity index (χ1n) is 6.20. The van der Waals surface area contributed by atoms with E-state index in [9.17, 15) is 4.79 Å². The average Bonchev–Trinajstić information content (AvgIpc) is 2.93. The molecule has 6 nitrogen and oxygen atoms in total. The molecule has 1 aromatic heterocycles. The second-order valence-corrected chi connectivity index (χ2v) is 4.47. The predicted octanol–water partition coefficient (Wildman–Crippen LogP) is 1.75. The summed E-state index contributed by atoms with van der Waals surface area (Å²) < 4.78 is 15.8. The van der Waals surface area contributed by atoms with Gasteiger partial charge in [0.05, 0.1) is 12.2 Å². The lowest BCUT2D eigenvalue weighted by atomic mass is 10.1. The Hall–Kier alpha value is -2.24. The van der Waals surface area contributed by atoms with Gasteiger partial charge in [-0.25, -0.2) is 4.79 Å². The number of H-pyrrole nitrogens is 1. The number of nitrogens with zero attached hydrogens (tertiary/aromatic N) is 1. The quantitative estimate of drug-likeness (QED) is 0.911. The molecule has 3 rings (SSSR count). The van der Waals surface area contributed by atoms with Crippen LogP contribution in [0.3, 0.4) is 0 Å². The van der Waals surface area contributed by atoms with Crippen molar-refractivity contribution in [3.8, 4) is 22.9 Å². The number of benzene rings is 1. The van der Waals surface area contributed by atoms with Crippen molar-refractivity contribution in [1.29, 1.82) is 0 Å². The highest BCUT2D eigenvalue weighted by molar-refractivity contribution is 5.68. The summed E-state index contributed by atoms with van der Waals surface area (Å²) in [6, 6.07) is 3.77. The topological polar surface area (TPSA) is 77.4 Å². The summed E-state index contributed by atoms with van der Waals surface area (Å²) in [5, 5.41) is 3.69. The number of hydrogen-bond donors (Lipinski definition) is 1. The molecule has 2 heterocycles. The van der Waals surface area contributed by atoms with Crippen molar-refractivity contribution in [3.05, 3.63) is 28.2 Å². The van der Waals surface area contributed by atoms with Gasteiger partial charge in [0.25, 0.3) is 0 Å². The second-order valence-electron chi connectivity index (χ2n) is 4.47.